The van der Waals surface area contributed by atoms with Crippen molar-refractivity contribution in [3.63, 3.8) is 0 Å². The third-order valence-electron chi connectivity index (χ3n) is 2.27. The van der Waals surface area contributed by atoms with Gasteiger partial charge in [0.1, 0.15) is 0 Å². The van der Waals surface area contributed by atoms with Gasteiger partial charge in [-0.05, 0) is 24.3 Å². The maximum absolute atomic E-state index is 11.8. The summed E-state index contributed by atoms with van der Waals surface area (Å²) in [4.78, 5) is 0.993. The fraction of sp³-hybridized carbons (Fsp3) is 0.182. The highest BCUT2D eigenvalue weighted by molar-refractivity contribution is 8.01. The first-order valence-electron chi connectivity index (χ1n) is 5.53. The van der Waals surface area contributed by atoms with E-state index >= 15 is 0 Å². The lowest BCUT2D eigenvalue weighted by Crippen LogP contribution is -2.17. The highest BCUT2D eigenvalue weighted by atomic mass is 32.2. The summed E-state index contributed by atoms with van der Waals surface area (Å²) in [5, 5.41) is 6.22. The van der Waals surface area contributed by atoms with Crippen molar-refractivity contribution in [2.24, 2.45) is 0 Å². The largest absolute Gasteiger partial charge is 0.399 e. The molecule has 0 atom stereocenters. The minimum Gasteiger partial charge on any atom is -0.399 e. The minimum absolute atomic E-state index is 0.0349. The second-order valence-corrected chi connectivity index (χ2v) is 6.84. The summed E-state index contributed by atoms with van der Waals surface area (Å²) < 4.78 is 26.0. The van der Waals surface area contributed by atoms with Crippen LogP contribution in [0.15, 0.2) is 41.6 Å². The van der Waals surface area contributed by atoms with Crippen molar-refractivity contribution in [3.05, 3.63) is 36.7 Å². The molecule has 6 nitrogen and oxygen atoms in total. The number of hydrogen-bond donors (Lipinski definition) is 3. The van der Waals surface area contributed by atoms with Crippen LogP contribution in [0.2, 0.25) is 0 Å². The number of benzene rings is 1. The van der Waals surface area contributed by atoms with Gasteiger partial charge in [-0.1, -0.05) is 0 Å². The van der Waals surface area contributed by atoms with Gasteiger partial charge in [0.2, 0.25) is 10.0 Å². The van der Waals surface area contributed by atoms with E-state index in [1.165, 1.54) is 24.2 Å². The standard InChI is InChI=1S/C11H14N4O2S2/c12-9-1-3-11(4-2-9)18-5-6-19(16,17)15-10-7-13-14-8-10/h1-4,7-8,15H,5-6,12H2,(H,13,14). The molecule has 0 aliphatic rings. The minimum atomic E-state index is -3.34. The topological polar surface area (TPSA) is 101 Å². The number of nitrogens with one attached hydrogen (secondary N) is 2. The van der Waals surface area contributed by atoms with Gasteiger partial charge in [0, 0.05) is 22.5 Å². The quantitative estimate of drug-likeness (QED) is 0.554. The zero-order valence-corrected chi connectivity index (χ0v) is 11.7. The summed E-state index contributed by atoms with van der Waals surface area (Å²) in [5.41, 5.74) is 6.71. The lowest BCUT2D eigenvalue weighted by molar-refractivity contribution is 0.602. The van der Waals surface area contributed by atoms with Gasteiger partial charge in [-0.15, -0.1) is 11.8 Å². The summed E-state index contributed by atoms with van der Waals surface area (Å²) in [6.07, 6.45) is 2.91. The molecule has 0 aliphatic heterocycles. The van der Waals surface area contributed by atoms with Gasteiger partial charge in [0.15, 0.2) is 0 Å². The maximum atomic E-state index is 11.8. The Morgan fingerprint density at radius 3 is 2.68 bits per heavy atom. The van der Waals surface area contributed by atoms with Gasteiger partial charge >= 0.3 is 0 Å². The predicted octanol–water partition coefficient (Wildman–Crippen LogP) is 1.53. The van der Waals surface area contributed by atoms with Crippen molar-refractivity contribution in [1.82, 2.24) is 10.2 Å². The van der Waals surface area contributed by atoms with Crippen molar-refractivity contribution >= 4 is 33.2 Å². The number of H-pyrrole nitrogens is 1. The van der Waals surface area contributed by atoms with E-state index in [0.717, 1.165) is 4.90 Å². The van der Waals surface area contributed by atoms with Crippen molar-refractivity contribution in [3.8, 4) is 0 Å². The maximum Gasteiger partial charge on any atom is 0.233 e. The molecule has 8 heteroatoms. The second kappa shape index (κ2) is 5.98. The average Bonchev–Trinajstić information content (AvgIpc) is 2.83. The predicted molar refractivity (Wildman–Crippen MR) is 77.6 cm³/mol. The van der Waals surface area contributed by atoms with Crippen molar-refractivity contribution in [2.45, 2.75) is 4.90 Å². The van der Waals surface area contributed by atoms with Gasteiger partial charge < -0.3 is 5.73 Å². The Kier molecular flexibility index (Phi) is 4.33. The number of sulfonamides is 1. The summed E-state index contributed by atoms with van der Waals surface area (Å²) in [7, 11) is -3.34. The van der Waals surface area contributed by atoms with E-state index < -0.39 is 10.0 Å². The molecule has 0 spiro atoms. The molecular formula is C11H14N4O2S2. The summed E-state index contributed by atoms with van der Waals surface area (Å²) in [5.74, 6) is 0.504. The van der Waals surface area contributed by atoms with E-state index in [0.29, 0.717) is 17.1 Å². The van der Waals surface area contributed by atoms with E-state index in [1.807, 2.05) is 12.1 Å². The molecule has 2 rings (SSSR count). The first kappa shape index (κ1) is 13.8. The SMILES string of the molecule is Nc1ccc(SCCS(=O)(=O)Nc2cn[nH]c2)cc1. The highest BCUT2D eigenvalue weighted by Crippen LogP contribution is 2.19. The lowest BCUT2D eigenvalue weighted by atomic mass is 10.3. The Balaban J connectivity index is 1.83. The molecule has 0 bridgehead atoms. The Labute approximate surface area is 115 Å². The number of nitrogen functional groups attached to an aromatic ring is 1. The molecule has 1 aromatic carbocycles. The van der Waals surface area contributed by atoms with Gasteiger partial charge in [-0.25, -0.2) is 8.42 Å². The molecule has 0 radical (unpaired) electrons. The number of hydrogen-bond acceptors (Lipinski definition) is 5. The first-order chi connectivity index (χ1) is 9.05. The van der Waals surface area contributed by atoms with Crippen LogP contribution in [0.4, 0.5) is 11.4 Å². The van der Waals surface area contributed by atoms with E-state index in [4.69, 9.17) is 5.73 Å². The Bertz CT molecular complexity index is 609. The molecule has 1 aromatic heterocycles. The van der Waals surface area contributed by atoms with Crippen LogP contribution >= 0.6 is 11.8 Å². The van der Waals surface area contributed by atoms with Crippen LogP contribution < -0.4 is 10.5 Å². The van der Waals surface area contributed by atoms with E-state index in [-0.39, 0.29) is 5.75 Å². The molecule has 0 amide bonds. The average molecular weight is 298 g/mol. The molecule has 0 unspecified atom stereocenters. The number of thioether (sulfide) groups is 1. The summed E-state index contributed by atoms with van der Waals surface area (Å²) >= 11 is 1.47. The second-order valence-electron chi connectivity index (χ2n) is 3.83. The van der Waals surface area contributed by atoms with Crippen molar-refractivity contribution in [1.29, 1.82) is 0 Å². The molecular weight excluding hydrogens is 284 g/mol. The van der Waals surface area contributed by atoms with Crippen LogP contribution in [0, 0.1) is 0 Å². The molecule has 102 valence electrons. The van der Waals surface area contributed by atoms with Crippen LogP contribution in [0.5, 0.6) is 0 Å². The van der Waals surface area contributed by atoms with E-state index in [9.17, 15) is 8.42 Å². The number of aromatic nitrogens is 2. The molecule has 0 saturated heterocycles. The monoisotopic (exact) mass is 298 g/mol. The normalized spacial score (nSPS) is 11.4. The summed E-state index contributed by atoms with van der Waals surface area (Å²) in [6.45, 7) is 0. The molecule has 0 fully saturated rings. The van der Waals surface area contributed by atoms with Crippen LogP contribution in [-0.2, 0) is 10.0 Å². The third kappa shape index (κ3) is 4.49. The van der Waals surface area contributed by atoms with Gasteiger partial charge in [-0.3, -0.25) is 9.82 Å². The lowest BCUT2D eigenvalue weighted by Gasteiger charge is -2.05. The van der Waals surface area contributed by atoms with Gasteiger partial charge in [-0.2, -0.15) is 5.10 Å². The van der Waals surface area contributed by atoms with E-state index in [2.05, 4.69) is 14.9 Å². The first-order valence-corrected chi connectivity index (χ1v) is 8.16. The molecule has 4 N–H and O–H groups in total. The summed E-state index contributed by atoms with van der Waals surface area (Å²) in [6, 6.07) is 7.33. The Morgan fingerprint density at radius 2 is 2.05 bits per heavy atom. The highest BCUT2D eigenvalue weighted by Gasteiger charge is 2.10. The van der Waals surface area contributed by atoms with Crippen LogP contribution in [0.25, 0.3) is 0 Å². The van der Waals surface area contributed by atoms with Gasteiger partial charge in [0.05, 0.1) is 17.6 Å². The Morgan fingerprint density at radius 1 is 1.32 bits per heavy atom. The number of nitrogens with two attached hydrogens (primary N) is 1. The smallest absolute Gasteiger partial charge is 0.233 e. The zero-order valence-electron chi connectivity index (χ0n) is 10.0. The molecule has 0 saturated carbocycles. The van der Waals surface area contributed by atoms with Crippen LogP contribution in [0.3, 0.4) is 0 Å². The zero-order chi connectivity index (χ0) is 13.7. The number of anilines is 2. The Hall–Kier alpha value is -1.67. The van der Waals surface area contributed by atoms with E-state index in [1.54, 1.807) is 12.1 Å². The third-order valence-corrected chi connectivity index (χ3v) is 4.83. The van der Waals surface area contributed by atoms with Crippen molar-refractivity contribution < 1.29 is 8.42 Å². The number of rotatable bonds is 6. The fourth-order valence-electron chi connectivity index (χ4n) is 1.37. The van der Waals surface area contributed by atoms with Crippen molar-refractivity contribution in [2.75, 3.05) is 22.0 Å². The molecule has 0 aliphatic carbocycles. The van der Waals surface area contributed by atoms with Gasteiger partial charge in [0.25, 0.3) is 0 Å². The van der Waals surface area contributed by atoms with Crippen LogP contribution in [-0.4, -0.2) is 30.1 Å². The molecule has 19 heavy (non-hydrogen) atoms. The fourth-order valence-corrected chi connectivity index (χ4v) is 3.72. The molecule has 1 heterocycles. The van der Waals surface area contributed by atoms with Crippen LogP contribution in [0.1, 0.15) is 0 Å². The number of aromatic amines is 1. The number of nitrogens with zero attached hydrogens (tertiary/aromatic N) is 1. The molecule has 2 aromatic rings.